The largest absolute Gasteiger partial charge is 0.508 e. The van der Waals surface area contributed by atoms with Crippen molar-refractivity contribution in [2.45, 2.75) is 33.1 Å². The molecular weight excluding hydrogens is 378 g/mol. The van der Waals surface area contributed by atoms with Crippen LogP contribution in [0.1, 0.15) is 47.8 Å². The molecule has 2 aromatic carbocycles. The van der Waals surface area contributed by atoms with Crippen molar-refractivity contribution in [1.29, 1.82) is 0 Å². The molecule has 2 atom stereocenters. The third-order valence-electron chi connectivity index (χ3n) is 5.30. The second-order valence-electron chi connectivity index (χ2n) is 7.05. The Kier molecular flexibility index (Phi) is 5.47. The van der Waals surface area contributed by atoms with E-state index >= 15 is 0 Å². The predicted octanol–water partition coefficient (Wildman–Crippen LogP) is 5.21. The average Bonchev–Trinajstić information content (AvgIpc) is 2.92. The molecule has 6 heteroatoms. The number of aliphatic carboxylic acids is 1. The van der Waals surface area contributed by atoms with Crippen molar-refractivity contribution in [2.24, 2.45) is 5.92 Å². The molecule has 0 saturated carbocycles. The molecule has 1 heterocycles. The zero-order valence-electron chi connectivity index (χ0n) is 15.9. The van der Waals surface area contributed by atoms with Gasteiger partial charge in [-0.05, 0) is 54.8 Å². The van der Waals surface area contributed by atoms with Crippen LogP contribution in [0.5, 0.6) is 5.75 Å². The fourth-order valence-corrected chi connectivity index (χ4v) is 3.91. The molecule has 0 saturated heterocycles. The van der Waals surface area contributed by atoms with Crippen LogP contribution in [-0.2, 0) is 4.79 Å². The van der Waals surface area contributed by atoms with E-state index in [-0.39, 0.29) is 17.6 Å². The summed E-state index contributed by atoms with van der Waals surface area (Å²) in [5.74, 6) is -2.15. The topological polar surface area (TPSA) is 79.5 Å². The van der Waals surface area contributed by atoms with Crippen LogP contribution in [0.3, 0.4) is 0 Å². The molecule has 28 heavy (non-hydrogen) atoms. The molecule has 0 amide bonds. The van der Waals surface area contributed by atoms with Gasteiger partial charge in [0.1, 0.15) is 5.75 Å². The highest BCUT2D eigenvalue weighted by molar-refractivity contribution is 6.31. The Morgan fingerprint density at radius 3 is 2.50 bits per heavy atom. The Morgan fingerprint density at radius 1 is 1.18 bits per heavy atom. The molecule has 3 rings (SSSR count). The van der Waals surface area contributed by atoms with Gasteiger partial charge in [-0.2, -0.15) is 0 Å². The number of phenols is 1. The average molecular weight is 400 g/mol. The second kappa shape index (κ2) is 7.68. The Morgan fingerprint density at radius 2 is 1.89 bits per heavy atom. The molecule has 0 bridgehead atoms. The summed E-state index contributed by atoms with van der Waals surface area (Å²) in [6.45, 7) is 5.56. The van der Waals surface area contributed by atoms with Crippen molar-refractivity contribution in [2.75, 3.05) is 0 Å². The van der Waals surface area contributed by atoms with E-state index in [2.05, 4.69) is 0 Å². The van der Waals surface area contributed by atoms with Crippen LogP contribution in [-0.4, -0.2) is 26.7 Å². The lowest BCUT2D eigenvalue weighted by atomic mass is 9.84. The van der Waals surface area contributed by atoms with Gasteiger partial charge in [0.05, 0.1) is 11.4 Å². The summed E-state index contributed by atoms with van der Waals surface area (Å²) in [6.07, 6.45) is 0.671. The Labute approximate surface area is 168 Å². The number of halogens is 1. The van der Waals surface area contributed by atoms with Crippen LogP contribution in [0.4, 0.5) is 0 Å². The number of hydrogen-bond acceptors (Lipinski definition) is 3. The lowest BCUT2D eigenvalue weighted by molar-refractivity contribution is -0.140. The molecule has 0 aliphatic carbocycles. The maximum Gasteiger partial charge on any atom is 0.311 e. The van der Waals surface area contributed by atoms with Crippen LogP contribution < -0.4 is 0 Å². The van der Waals surface area contributed by atoms with E-state index in [4.69, 9.17) is 11.6 Å². The predicted molar refractivity (Wildman–Crippen MR) is 109 cm³/mol. The van der Waals surface area contributed by atoms with E-state index < -0.39 is 11.9 Å². The summed E-state index contributed by atoms with van der Waals surface area (Å²) in [4.78, 5) is 25.4. The number of phenolic OH excluding ortho intramolecular Hbond substituents is 1. The Bertz CT molecular complexity index is 1070. The maximum atomic E-state index is 13.3. The number of carboxylic acids is 1. The number of benzene rings is 2. The molecule has 0 spiro atoms. The van der Waals surface area contributed by atoms with Gasteiger partial charge in [0.2, 0.25) is 0 Å². The van der Waals surface area contributed by atoms with Gasteiger partial charge >= 0.3 is 5.97 Å². The third kappa shape index (κ3) is 3.38. The minimum absolute atomic E-state index is 0.0226. The number of aromatic hydroxyl groups is 1. The molecule has 146 valence electrons. The second-order valence-corrected chi connectivity index (χ2v) is 7.49. The first-order valence-corrected chi connectivity index (χ1v) is 9.51. The molecule has 1 aromatic heterocycles. The Hall–Kier alpha value is -2.79. The standard InChI is InChI=1S/C22H22ClNO4/c1-4-12(2)19(22(27)28)20-13(3)24(18-9-8-16(25)11-17(18)20)21(26)14-6-5-7-15(23)10-14/h5-12,19,25H,4H2,1-3H3,(H,27,28)/t12-,19?/m1/s1. The summed E-state index contributed by atoms with van der Waals surface area (Å²) in [7, 11) is 0. The quantitative estimate of drug-likeness (QED) is 0.617. The van der Waals surface area contributed by atoms with Crippen molar-refractivity contribution in [1.82, 2.24) is 4.57 Å². The molecule has 0 aliphatic heterocycles. The van der Waals surface area contributed by atoms with Crippen LogP contribution in [0.25, 0.3) is 10.9 Å². The number of rotatable bonds is 5. The van der Waals surface area contributed by atoms with Crippen LogP contribution in [0.2, 0.25) is 5.02 Å². The van der Waals surface area contributed by atoms with Crippen molar-refractivity contribution < 1.29 is 19.8 Å². The summed E-state index contributed by atoms with van der Waals surface area (Å²) >= 11 is 6.04. The number of carbonyl (C=O) groups excluding carboxylic acids is 1. The third-order valence-corrected chi connectivity index (χ3v) is 5.54. The van der Waals surface area contributed by atoms with E-state index in [0.29, 0.717) is 39.2 Å². The summed E-state index contributed by atoms with van der Waals surface area (Å²) < 4.78 is 1.51. The van der Waals surface area contributed by atoms with Gasteiger partial charge in [0.25, 0.3) is 5.91 Å². The first-order valence-electron chi connectivity index (χ1n) is 9.13. The van der Waals surface area contributed by atoms with Gasteiger partial charge in [-0.15, -0.1) is 0 Å². The molecule has 0 radical (unpaired) electrons. The van der Waals surface area contributed by atoms with Gasteiger partial charge in [0, 0.05) is 21.7 Å². The fourth-order valence-electron chi connectivity index (χ4n) is 3.72. The van der Waals surface area contributed by atoms with E-state index in [9.17, 15) is 19.8 Å². The minimum atomic E-state index is -0.949. The van der Waals surface area contributed by atoms with Crippen molar-refractivity contribution in [3.8, 4) is 5.75 Å². The molecule has 3 aromatic rings. The lowest BCUT2D eigenvalue weighted by Crippen LogP contribution is -2.21. The number of carboxylic acid groups (broad SMARTS) is 1. The highest BCUT2D eigenvalue weighted by atomic mass is 35.5. The zero-order valence-corrected chi connectivity index (χ0v) is 16.7. The van der Waals surface area contributed by atoms with Crippen LogP contribution in [0.15, 0.2) is 42.5 Å². The molecule has 1 unspecified atom stereocenters. The maximum absolute atomic E-state index is 13.3. The smallest absolute Gasteiger partial charge is 0.311 e. The first kappa shape index (κ1) is 20.0. The molecule has 2 N–H and O–H groups in total. The van der Waals surface area contributed by atoms with E-state index in [1.54, 1.807) is 37.3 Å². The monoisotopic (exact) mass is 399 g/mol. The Balaban J connectivity index is 2.32. The number of nitrogens with zero attached hydrogens (tertiary/aromatic N) is 1. The van der Waals surface area contributed by atoms with E-state index in [1.165, 1.54) is 16.7 Å². The van der Waals surface area contributed by atoms with Gasteiger partial charge < -0.3 is 10.2 Å². The van der Waals surface area contributed by atoms with Gasteiger partial charge in [0.15, 0.2) is 0 Å². The van der Waals surface area contributed by atoms with Crippen molar-refractivity contribution >= 4 is 34.4 Å². The number of aromatic nitrogens is 1. The lowest BCUT2D eigenvalue weighted by Gasteiger charge is -2.20. The highest BCUT2D eigenvalue weighted by Crippen LogP contribution is 2.38. The normalized spacial score (nSPS) is 13.4. The van der Waals surface area contributed by atoms with Crippen LogP contribution >= 0.6 is 11.6 Å². The number of hydrogen-bond donors (Lipinski definition) is 2. The number of fused-ring (bicyclic) bond motifs is 1. The first-order chi connectivity index (χ1) is 13.3. The minimum Gasteiger partial charge on any atom is -0.508 e. The van der Waals surface area contributed by atoms with E-state index in [0.717, 1.165) is 0 Å². The number of carbonyl (C=O) groups is 2. The zero-order chi connectivity index (χ0) is 20.6. The van der Waals surface area contributed by atoms with Gasteiger partial charge in [-0.3, -0.25) is 14.2 Å². The molecule has 5 nitrogen and oxygen atoms in total. The van der Waals surface area contributed by atoms with Crippen molar-refractivity contribution in [3.63, 3.8) is 0 Å². The molecule has 0 fully saturated rings. The summed E-state index contributed by atoms with van der Waals surface area (Å²) in [5, 5.41) is 20.9. The SMILES string of the molecule is CC[C@@H](C)C(C(=O)O)c1c(C)n(C(=O)c2cccc(Cl)c2)c2ccc(O)cc12. The summed E-state index contributed by atoms with van der Waals surface area (Å²) in [5.41, 5.74) is 2.08. The fraction of sp³-hybridized carbons (Fsp3) is 0.273. The van der Waals surface area contributed by atoms with Crippen LogP contribution in [0, 0.1) is 12.8 Å². The van der Waals surface area contributed by atoms with Gasteiger partial charge in [-0.1, -0.05) is 37.9 Å². The summed E-state index contributed by atoms with van der Waals surface area (Å²) in [6, 6.07) is 11.3. The van der Waals surface area contributed by atoms with Gasteiger partial charge in [-0.25, -0.2) is 0 Å². The van der Waals surface area contributed by atoms with E-state index in [1.807, 2.05) is 13.8 Å². The molecular formula is C22H22ClNO4. The molecule has 0 aliphatic rings. The van der Waals surface area contributed by atoms with Crippen molar-refractivity contribution in [3.05, 3.63) is 64.3 Å². The highest BCUT2D eigenvalue weighted by Gasteiger charge is 2.32.